The number of benzene rings is 2. The van der Waals surface area contributed by atoms with E-state index in [9.17, 15) is 0 Å². The van der Waals surface area contributed by atoms with Crippen LogP contribution in [0.4, 0.5) is 0 Å². The molecular formula is C14H16BNO. The number of ether oxygens (including phenoxy) is 1. The molecule has 0 heterocycles. The Labute approximate surface area is 103 Å². The molecule has 2 nitrogen and oxygen atoms in total. The highest BCUT2D eigenvalue weighted by molar-refractivity contribution is 6.34. The van der Waals surface area contributed by atoms with Crippen molar-refractivity contribution in [2.24, 2.45) is 5.73 Å². The second-order valence-corrected chi connectivity index (χ2v) is 4.08. The van der Waals surface area contributed by atoms with Crippen LogP contribution in [-0.2, 0) is 13.2 Å². The lowest BCUT2D eigenvalue weighted by molar-refractivity contribution is 0.309. The predicted octanol–water partition coefficient (Wildman–Crippen LogP) is 0.983. The van der Waals surface area contributed by atoms with Gasteiger partial charge in [0.05, 0.1) is 0 Å². The molecule has 2 rings (SSSR count). The molecule has 0 atom stereocenters. The summed E-state index contributed by atoms with van der Waals surface area (Å²) in [4.78, 5) is 0. The maximum absolute atomic E-state index is 5.78. The van der Waals surface area contributed by atoms with Gasteiger partial charge in [-0.05, 0) is 22.7 Å². The van der Waals surface area contributed by atoms with Gasteiger partial charge in [-0.15, -0.1) is 0 Å². The Kier molecular flexibility index (Phi) is 3.83. The van der Waals surface area contributed by atoms with Gasteiger partial charge in [0.25, 0.3) is 0 Å². The topological polar surface area (TPSA) is 35.2 Å². The maximum Gasteiger partial charge on any atom is 0.144 e. The van der Waals surface area contributed by atoms with E-state index in [1.54, 1.807) is 0 Å². The zero-order chi connectivity index (χ0) is 12.1. The van der Waals surface area contributed by atoms with E-state index >= 15 is 0 Å². The Balaban J connectivity index is 2.04. The standard InChI is InChI=1S/C14H16BNO/c15-13-8-12(9-16)6-7-14(13)17-10-11-4-2-1-3-5-11/h1-8H,9-10,15-16H2. The van der Waals surface area contributed by atoms with Crippen LogP contribution in [0.2, 0.25) is 0 Å². The first-order chi connectivity index (χ1) is 8.29. The van der Waals surface area contributed by atoms with E-state index in [0.717, 1.165) is 16.8 Å². The van der Waals surface area contributed by atoms with E-state index in [1.807, 2.05) is 38.2 Å². The van der Waals surface area contributed by atoms with Crippen molar-refractivity contribution in [3.63, 3.8) is 0 Å². The Morgan fingerprint density at radius 3 is 2.41 bits per heavy atom. The minimum Gasteiger partial charge on any atom is -0.490 e. The molecule has 17 heavy (non-hydrogen) atoms. The number of hydrogen-bond donors (Lipinski definition) is 1. The van der Waals surface area contributed by atoms with Crippen molar-refractivity contribution < 1.29 is 4.74 Å². The van der Waals surface area contributed by atoms with Crippen molar-refractivity contribution in [1.82, 2.24) is 0 Å². The highest BCUT2D eigenvalue weighted by Crippen LogP contribution is 2.11. The average molecular weight is 225 g/mol. The molecule has 0 amide bonds. The number of rotatable bonds is 4. The molecular weight excluding hydrogens is 209 g/mol. The van der Waals surface area contributed by atoms with Gasteiger partial charge >= 0.3 is 0 Å². The second kappa shape index (κ2) is 5.55. The van der Waals surface area contributed by atoms with E-state index in [0.29, 0.717) is 13.2 Å². The predicted molar refractivity (Wildman–Crippen MR) is 73.3 cm³/mol. The molecule has 0 fully saturated rings. The molecule has 0 aliphatic carbocycles. The summed E-state index contributed by atoms with van der Waals surface area (Å²) in [5.74, 6) is 0.922. The summed E-state index contributed by atoms with van der Waals surface area (Å²) in [6.45, 7) is 1.17. The molecule has 3 heteroatoms. The summed E-state index contributed by atoms with van der Waals surface area (Å²) in [5.41, 5.74) is 9.03. The lowest BCUT2D eigenvalue weighted by Gasteiger charge is -2.10. The minimum atomic E-state index is 0.569. The summed E-state index contributed by atoms with van der Waals surface area (Å²) in [7, 11) is 2.04. The largest absolute Gasteiger partial charge is 0.490 e. The lowest BCUT2D eigenvalue weighted by Crippen LogP contribution is -2.11. The third kappa shape index (κ3) is 3.11. The lowest BCUT2D eigenvalue weighted by atomic mass is 9.93. The van der Waals surface area contributed by atoms with Gasteiger partial charge < -0.3 is 10.5 Å². The summed E-state index contributed by atoms with van der Waals surface area (Å²) in [6.07, 6.45) is 0. The zero-order valence-electron chi connectivity index (χ0n) is 10.0. The first kappa shape index (κ1) is 11.7. The van der Waals surface area contributed by atoms with E-state index in [1.165, 1.54) is 5.56 Å². The molecule has 0 aromatic heterocycles. The summed E-state index contributed by atoms with van der Waals surface area (Å²) in [5, 5.41) is 0. The Hall–Kier alpha value is -1.74. The van der Waals surface area contributed by atoms with Gasteiger partial charge in [-0.2, -0.15) is 0 Å². The fourth-order valence-electron chi connectivity index (χ4n) is 1.74. The van der Waals surface area contributed by atoms with Gasteiger partial charge in [0.1, 0.15) is 20.2 Å². The van der Waals surface area contributed by atoms with Crippen molar-refractivity contribution >= 4 is 13.3 Å². The van der Waals surface area contributed by atoms with Crippen LogP contribution in [0.5, 0.6) is 5.75 Å². The first-order valence-corrected chi connectivity index (χ1v) is 5.76. The molecule has 0 spiro atoms. The summed E-state index contributed by atoms with van der Waals surface area (Å²) >= 11 is 0. The fourth-order valence-corrected chi connectivity index (χ4v) is 1.74. The van der Waals surface area contributed by atoms with Crippen LogP contribution in [0.1, 0.15) is 11.1 Å². The third-order valence-electron chi connectivity index (χ3n) is 2.71. The van der Waals surface area contributed by atoms with Crippen LogP contribution >= 0.6 is 0 Å². The smallest absolute Gasteiger partial charge is 0.144 e. The van der Waals surface area contributed by atoms with Crippen LogP contribution in [0.15, 0.2) is 48.5 Å². The average Bonchev–Trinajstić information content (AvgIpc) is 2.38. The Morgan fingerprint density at radius 2 is 1.76 bits per heavy atom. The van der Waals surface area contributed by atoms with E-state index in [4.69, 9.17) is 10.5 Å². The monoisotopic (exact) mass is 225 g/mol. The molecule has 0 aliphatic heterocycles. The molecule has 0 bridgehead atoms. The summed E-state index contributed by atoms with van der Waals surface area (Å²) in [6, 6.07) is 16.2. The van der Waals surface area contributed by atoms with Crippen LogP contribution in [0, 0.1) is 0 Å². The molecule has 2 aromatic rings. The number of nitrogens with two attached hydrogens (primary N) is 1. The highest BCUT2D eigenvalue weighted by atomic mass is 16.5. The van der Waals surface area contributed by atoms with Gasteiger partial charge in [-0.25, -0.2) is 0 Å². The molecule has 0 saturated carbocycles. The van der Waals surface area contributed by atoms with Crippen LogP contribution in [0.25, 0.3) is 0 Å². The van der Waals surface area contributed by atoms with Crippen molar-refractivity contribution in [3.8, 4) is 5.75 Å². The molecule has 0 unspecified atom stereocenters. The number of hydrogen-bond acceptors (Lipinski definition) is 2. The molecule has 0 saturated heterocycles. The van der Waals surface area contributed by atoms with Crippen molar-refractivity contribution in [2.45, 2.75) is 13.2 Å². The molecule has 0 radical (unpaired) electrons. The first-order valence-electron chi connectivity index (χ1n) is 5.76. The third-order valence-corrected chi connectivity index (χ3v) is 2.71. The van der Waals surface area contributed by atoms with E-state index in [-0.39, 0.29) is 0 Å². The van der Waals surface area contributed by atoms with Gasteiger partial charge in [-0.3, -0.25) is 0 Å². The maximum atomic E-state index is 5.78. The van der Waals surface area contributed by atoms with Gasteiger partial charge in [-0.1, -0.05) is 42.5 Å². The van der Waals surface area contributed by atoms with Gasteiger partial charge in [0, 0.05) is 6.54 Å². The highest BCUT2D eigenvalue weighted by Gasteiger charge is 2.00. The van der Waals surface area contributed by atoms with Crippen molar-refractivity contribution in [2.75, 3.05) is 0 Å². The van der Waals surface area contributed by atoms with Gasteiger partial charge in [0.15, 0.2) is 0 Å². The zero-order valence-corrected chi connectivity index (χ0v) is 10.0. The second-order valence-electron chi connectivity index (χ2n) is 4.08. The Morgan fingerprint density at radius 1 is 1.00 bits per heavy atom. The quantitative estimate of drug-likeness (QED) is 0.787. The van der Waals surface area contributed by atoms with Crippen LogP contribution in [0.3, 0.4) is 0 Å². The van der Waals surface area contributed by atoms with Crippen LogP contribution < -0.4 is 15.9 Å². The molecule has 0 aliphatic rings. The van der Waals surface area contributed by atoms with Gasteiger partial charge in [0.2, 0.25) is 0 Å². The van der Waals surface area contributed by atoms with E-state index in [2.05, 4.69) is 18.2 Å². The van der Waals surface area contributed by atoms with Crippen molar-refractivity contribution in [3.05, 3.63) is 59.7 Å². The van der Waals surface area contributed by atoms with Crippen LogP contribution in [-0.4, -0.2) is 7.85 Å². The molecule has 2 N–H and O–H groups in total. The Bertz CT molecular complexity index is 485. The SMILES string of the molecule is Bc1cc(CN)ccc1OCc1ccccc1. The fraction of sp³-hybridized carbons (Fsp3) is 0.143. The minimum absolute atomic E-state index is 0.569. The normalized spacial score (nSPS) is 10.2. The molecule has 86 valence electrons. The van der Waals surface area contributed by atoms with E-state index < -0.39 is 0 Å². The molecule has 2 aromatic carbocycles. The van der Waals surface area contributed by atoms with Crippen molar-refractivity contribution in [1.29, 1.82) is 0 Å². The summed E-state index contributed by atoms with van der Waals surface area (Å²) < 4.78 is 5.78.